The van der Waals surface area contributed by atoms with Gasteiger partial charge in [-0.2, -0.15) is 0 Å². The summed E-state index contributed by atoms with van der Waals surface area (Å²) < 4.78 is 0. The highest BCUT2D eigenvalue weighted by molar-refractivity contribution is 7.15. The molecule has 0 bridgehead atoms. The van der Waals surface area contributed by atoms with Crippen LogP contribution in [0.2, 0.25) is 0 Å². The average molecular weight is 281 g/mol. The van der Waals surface area contributed by atoms with Crippen LogP contribution in [0.4, 0.5) is 5.13 Å². The van der Waals surface area contributed by atoms with E-state index in [4.69, 9.17) is 10.7 Å². The van der Waals surface area contributed by atoms with E-state index in [9.17, 15) is 0 Å². The van der Waals surface area contributed by atoms with Crippen molar-refractivity contribution in [1.29, 1.82) is 0 Å². The smallest absolute Gasteiger partial charge is 0.185 e. The normalized spacial score (nSPS) is 15.8. The number of thiazole rings is 1. The van der Waals surface area contributed by atoms with Gasteiger partial charge in [-0.3, -0.25) is 0 Å². The predicted molar refractivity (Wildman–Crippen MR) is 83.9 cm³/mol. The van der Waals surface area contributed by atoms with Gasteiger partial charge in [0, 0.05) is 29.9 Å². The summed E-state index contributed by atoms with van der Waals surface area (Å²) in [6, 6.07) is 0. The molecule has 1 aromatic rings. The molecule has 0 radical (unpaired) electrons. The molecule has 19 heavy (non-hydrogen) atoms. The van der Waals surface area contributed by atoms with E-state index in [0.717, 1.165) is 12.5 Å². The standard InChI is InChI=1S/C15H27N3S/c1-5-8-18(10-11-6-7-11)14-17-13(15(2,3)4)12(9-16)19-14/h11H,5-10,16H2,1-4H3. The summed E-state index contributed by atoms with van der Waals surface area (Å²) in [5, 5.41) is 1.18. The maximum atomic E-state index is 5.90. The molecule has 0 spiro atoms. The lowest BCUT2D eigenvalue weighted by Crippen LogP contribution is -2.26. The number of hydrogen-bond acceptors (Lipinski definition) is 4. The molecule has 0 saturated heterocycles. The maximum absolute atomic E-state index is 5.90. The summed E-state index contributed by atoms with van der Waals surface area (Å²) in [5.74, 6) is 0.898. The van der Waals surface area contributed by atoms with Gasteiger partial charge in [0.05, 0.1) is 5.69 Å². The molecule has 2 N–H and O–H groups in total. The zero-order valence-corrected chi connectivity index (χ0v) is 13.5. The van der Waals surface area contributed by atoms with Gasteiger partial charge in [0.1, 0.15) is 0 Å². The number of anilines is 1. The number of nitrogens with zero attached hydrogens (tertiary/aromatic N) is 2. The summed E-state index contributed by atoms with van der Waals surface area (Å²) in [7, 11) is 0. The lowest BCUT2D eigenvalue weighted by atomic mass is 9.91. The van der Waals surface area contributed by atoms with Crippen LogP contribution in [0.25, 0.3) is 0 Å². The van der Waals surface area contributed by atoms with Crippen molar-refractivity contribution in [1.82, 2.24) is 4.98 Å². The van der Waals surface area contributed by atoms with Crippen molar-refractivity contribution in [3.8, 4) is 0 Å². The zero-order valence-electron chi connectivity index (χ0n) is 12.7. The third-order valence-corrected chi connectivity index (χ3v) is 4.66. The Morgan fingerprint density at radius 1 is 1.37 bits per heavy atom. The average Bonchev–Trinajstić information content (AvgIpc) is 3.03. The van der Waals surface area contributed by atoms with Gasteiger partial charge in [-0.05, 0) is 25.2 Å². The molecule has 1 fully saturated rings. The first-order valence-corrected chi connectivity index (χ1v) is 8.22. The van der Waals surface area contributed by atoms with E-state index >= 15 is 0 Å². The molecule has 0 aromatic carbocycles. The van der Waals surface area contributed by atoms with Gasteiger partial charge in [-0.1, -0.05) is 27.7 Å². The molecule has 0 aliphatic heterocycles. The van der Waals surface area contributed by atoms with E-state index in [1.54, 1.807) is 11.3 Å². The van der Waals surface area contributed by atoms with Gasteiger partial charge in [0.25, 0.3) is 0 Å². The molecule has 2 rings (SSSR count). The Morgan fingerprint density at radius 3 is 2.47 bits per heavy atom. The number of aromatic nitrogens is 1. The maximum Gasteiger partial charge on any atom is 0.185 e. The van der Waals surface area contributed by atoms with Crippen LogP contribution in [0, 0.1) is 5.92 Å². The van der Waals surface area contributed by atoms with Crippen LogP contribution in [0.3, 0.4) is 0 Å². The molecular weight excluding hydrogens is 254 g/mol. The Kier molecular flexibility index (Phi) is 4.51. The minimum absolute atomic E-state index is 0.0842. The monoisotopic (exact) mass is 281 g/mol. The van der Waals surface area contributed by atoms with Crippen molar-refractivity contribution in [2.24, 2.45) is 11.7 Å². The number of hydrogen-bond donors (Lipinski definition) is 1. The van der Waals surface area contributed by atoms with E-state index in [-0.39, 0.29) is 5.41 Å². The topological polar surface area (TPSA) is 42.2 Å². The first-order chi connectivity index (χ1) is 8.95. The van der Waals surface area contributed by atoms with Crippen molar-refractivity contribution >= 4 is 16.5 Å². The van der Waals surface area contributed by atoms with Crippen molar-refractivity contribution in [2.45, 2.75) is 58.9 Å². The molecule has 1 saturated carbocycles. The quantitative estimate of drug-likeness (QED) is 0.867. The van der Waals surface area contributed by atoms with Crippen LogP contribution in [0.15, 0.2) is 0 Å². The molecule has 1 aromatic heterocycles. The highest BCUT2D eigenvalue weighted by Gasteiger charge is 2.28. The number of nitrogens with two attached hydrogens (primary N) is 1. The van der Waals surface area contributed by atoms with Gasteiger partial charge < -0.3 is 10.6 Å². The Bertz CT molecular complexity index is 416. The second-order valence-corrected chi connectivity index (χ2v) is 7.67. The Labute approximate surface area is 121 Å². The summed E-state index contributed by atoms with van der Waals surface area (Å²) in [6.45, 7) is 11.8. The van der Waals surface area contributed by atoms with Crippen LogP contribution in [-0.4, -0.2) is 18.1 Å². The second-order valence-electron chi connectivity index (χ2n) is 6.61. The second kappa shape index (κ2) is 5.80. The first kappa shape index (κ1) is 14.8. The summed E-state index contributed by atoms with van der Waals surface area (Å²) in [4.78, 5) is 8.63. The molecule has 1 aliphatic carbocycles. The minimum Gasteiger partial charge on any atom is -0.348 e. The van der Waals surface area contributed by atoms with Crippen LogP contribution < -0.4 is 10.6 Å². The van der Waals surface area contributed by atoms with Gasteiger partial charge >= 0.3 is 0 Å². The van der Waals surface area contributed by atoms with Crippen molar-refractivity contribution in [3.05, 3.63) is 10.6 Å². The van der Waals surface area contributed by atoms with Gasteiger partial charge in [-0.15, -0.1) is 11.3 Å². The summed E-state index contributed by atoms with van der Waals surface area (Å²) in [6.07, 6.45) is 3.96. The lowest BCUT2D eigenvalue weighted by molar-refractivity contribution is 0.565. The molecular formula is C15H27N3S. The molecule has 1 heterocycles. The van der Waals surface area contributed by atoms with E-state index in [1.807, 2.05) is 0 Å². The van der Waals surface area contributed by atoms with Crippen molar-refractivity contribution in [3.63, 3.8) is 0 Å². The minimum atomic E-state index is 0.0842. The molecule has 0 unspecified atom stereocenters. The molecule has 4 heteroatoms. The Morgan fingerprint density at radius 2 is 2.05 bits per heavy atom. The van der Waals surface area contributed by atoms with E-state index < -0.39 is 0 Å². The van der Waals surface area contributed by atoms with Crippen LogP contribution >= 0.6 is 11.3 Å². The third-order valence-electron chi connectivity index (χ3n) is 3.52. The van der Waals surface area contributed by atoms with Gasteiger partial charge in [0.15, 0.2) is 5.13 Å². The predicted octanol–water partition coefficient (Wildman–Crippen LogP) is 3.53. The zero-order chi connectivity index (χ0) is 14.0. The summed E-state index contributed by atoms with van der Waals surface area (Å²) in [5.41, 5.74) is 7.17. The highest BCUT2D eigenvalue weighted by Crippen LogP contribution is 2.36. The van der Waals surface area contributed by atoms with Crippen molar-refractivity contribution in [2.75, 3.05) is 18.0 Å². The van der Waals surface area contributed by atoms with E-state index in [1.165, 1.54) is 41.5 Å². The number of rotatable bonds is 6. The van der Waals surface area contributed by atoms with Crippen LogP contribution in [0.5, 0.6) is 0 Å². The summed E-state index contributed by atoms with van der Waals surface area (Å²) >= 11 is 1.79. The lowest BCUT2D eigenvalue weighted by Gasteiger charge is -2.21. The largest absolute Gasteiger partial charge is 0.348 e. The Balaban J connectivity index is 2.23. The fourth-order valence-electron chi connectivity index (χ4n) is 2.35. The molecule has 3 nitrogen and oxygen atoms in total. The van der Waals surface area contributed by atoms with Crippen LogP contribution in [-0.2, 0) is 12.0 Å². The van der Waals surface area contributed by atoms with Crippen molar-refractivity contribution < 1.29 is 0 Å². The van der Waals surface area contributed by atoms with Crippen LogP contribution in [0.1, 0.15) is 57.5 Å². The molecule has 1 aliphatic rings. The fraction of sp³-hybridized carbons (Fsp3) is 0.800. The third kappa shape index (κ3) is 3.69. The molecule has 108 valence electrons. The highest BCUT2D eigenvalue weighted by atomic mass is 32.1. The van der Waals surface area contributed by atoms with E-state index in [2.05, 4.69) is 32.6 Å². The molecule has 0 atom stereocenters. The SMILES string of the molecule is CCCN(CC1CC1)c1nc(C(C)(C)C)c(CN)s1. The van der Waals surface area contributed by atoms with Gasteiger partial charge in [0.2, 0.25) is 0 Å². The molecule has 0 amide bonds. The van der Waals surface area contributed by atoms with E-state index in [0.29, 0.717) is 6.54 Å². The first-order valence-electron chi connectivity index (χ1n) is 7.41. The Hall–Kier alpha value is -0.610. The van der Waals surface area contributed by atoms with Gasteiger partial charge in [-0.25, -0.2) is 4.98 Å². The fourth-order valence-corrected chi connectivity index (χ4v) is 3.53.